The monoisotopic (exact) mass is 508 g/mol. The van der Waals surface area contributed by atoms with Crippen LogP contribution in [0.1, 0.15) is 27.9 Å². The van der Waals surface area contributed by atoms with E-state index < -0.39 is 24.2 Å². The molecule has 0 spiro atoms. The number of carboxylic acid groups (broad SMARTS) is 1. The summed E-state index contributed by atoms with van der Waals surface area (Å²) in [7, 11) is 3.61. The lowest BCUT2D eigenvalue weighted by Crippen LogP contribution is -2.20. The minimum atomic E-state index is -1.30. The molecule has 0 saturated heterocycles. The fraction of sp³-hybridized carbons (Fsp3) is 0.107. The van der Waals surface area contributed by atoms with Crippen molar-refractivity contribution in [2.24, 2.45) is 0 Å². The predicted octanol–water partition coefficient (Wildman–Crippen LogP) is 4.03. The molecular formula is C28H24N6O4. The molecule has 190 valence electrons. The Morgan fingerprint density at radius 1 is 0.947 bits per heavy atom. The van der Waals surface area contributed by atoms with Gasteiger partial charge in [-0.3, -0.25) is 14.9 Å². The van der Waals surface area contributed by atoms with E-state index in [1.54, 1.807) is 61.6 Å². The number of anilines is 3. The van der Waals surface area contributed by atoms with Crippen molar-refractivity contribution in [1.29, 1.82) is 0 Å². The normalized spacial score (nSPS) is 10.2. The van der Waals surface area contributed by atoms with Gasteiger partial charge in [-0.15, -0.1) is 5.10 Å². The molecule has 10 heteroatoms. The molecule has 4 aromatic rings. The first-order valence-corrected chi connectivity index (χ1v) is 11.5. The number of hydrogen-bond donors (Lipinski definition) is 3. The number of carbonyl (C=O) groups is 3. The predicted molar refractivity (Wildman–Crippen MR) is 144 cm³/mol. The van der Waals surface area contributed by atoms with E-state index in [0.717, 1.165) is 5.56 Å². The van der Waals surface area contributed by atoms with Crippen LogP contribution in [0.25, 0.3) is 5.69 Å². The van der Waals surface area contributed by atoms with E-state index in [9.17, 15) is 19.5 Å². The standard InChI is InChI=1S/C28H24N6O4/c1-33(2)25-17-24(31-28(37)38)23(16-20(25)12-11-19-7-4-3-5-8-19)30-27(36)18-26(35)21-9-6-10-22(15-21)34-14-13-29-32-34/h3-10,13-17,31H,18H2,1-2H3,(H,30,36)(H,37,38). The fourth-order valence-corrected chi connectivity index (χ4v) is 3.65. The first kappa shape index (κ1) is 25.7. The van der Waals surface area contributed by atoms with Gasteiger partial charge in [-0.1, -0.05) is 47.4 Å². The van der Waals surface area contributed by atoms with Gasteiger partial charge in [0.1, 0.15) is 0 Å². The Bertz CT molecular complexity index is 1540. The van der Waals surface area contributed by atoms with E-state index in [-0.39, 0.29) is 11.4 Å². The Hall–Kier alpha value is -5.43. The molecule has 3 aromatic carbocycles. The van der Waals surface area contributed by atoms with Gasteiger partial charge in [-0.2, -0.15) is 0 Å². The summed E-state index contributed by atoms with van der Waals surface area (Å²) in [5.74, 6) is 5.16. The van der Waals surface area contributed by atoms with Gasteiger partial charge in [0, 0.05) is 25.2 Å². The van der Waals surface area contributed by atoms with Gasteiger partial charge in [0.15, 0.2) is 5.78 Å². The largest absolute Gasteiger partial charge is 0.465 e. The SMILES string of the molecule is CN(C)c1cc(NC(=O)O)c(NC(=O)CC(=O)c2cccc(-n3ccnn3)c2)cc1C#Cc1ccccc1. The van der Waals surface area contributed by atoms with E-state index >= 15 is 0 Å². The van der Waals surface area contributed by atoms with Crippen molar-refractivity contribution in [2.45, 2.75) is 6.42 Å². The third-order valence-electron chi connectivity index (χ3n) is 5.42. The van der Waals surface area contributed by atoms with Crippen molar-refractivity contribution in [3.63, 3.8) is 0 Å². The zero-order valence-corrected chi connectivity index (χ0v) is 20.7. The first-order valence-electron chi connectivity index (χ1n) is 11.5. The third-order valence-corrected chi connectivity index (χ3v) is 5.42. The van der Waals surface area contributed by atoms with E-state index in [2.05, 4.69) is 32.8 Å². The molecule has 1 aromatic heterocycles. The average molecular weight is 509 g/mol. The van der Waals surface area contributed by atoms with Crippen molar-refractivity contribution < 1.29 is 19.5 Å². The Morgan fingerprint density at radius 2 is 1.71 bits per heavy atom. The van der Waals surface area contributed by atoms with Crippen molar-refractivity contribution in [3.8, 4) is 17.5 Å². The summed E-state index contributed by atoms with van der Waals surface area (Å²) in [6.07, 6.45) is 1.41. The van der Waals surface area contributed by atoms with Crippen LogP contribution in [0.2, 0.25) is 0 Å². The van der Waals surface area contributed by atoms with Gasteiger partial charge in [0.05, 0.1) is 47.1 Å². The molecule has 2 amide bonds. The van der Waals surface area contributed by atoms with Crippen LogP contribution in [-0.4, -0.2) is 52.0 Å². The number of nitrogens with zero attached hydrogens (tertiary/aromatic N) is 4. The summed E-state index contributed by atoms with van der Waals surface area (Å²) >= 11 is 0. The van der Waals surface area contributed by atoms with Crippen LogP contribution in [0.15, 0.2) is 79.1 Å². The maximum Gasteiger partial charge on any atom is 0.409 e. The molecular weight excluding hydrogens is 484 g/mol. The Kier molecular flexibility index (Phi) is 7.79. The topological polar surface area (TPSA) is 129 Å². The number of hydrogen-bond acceptors (Lipinski definition) is 6. The summed E-state index contributed by atoms with van der Waals surface area (Å²) in [6, 6.07) is 19.2. The van der Waals surface area contributed by atoms with Crippen molar-refractivity contribution in [1.82, 2.24) is 15.0 Å². The minimum Gasteiger partial charge on any atom is -0.465 e. The van der Waals surface area contributed by atoms with Gasteiger partial charge in [-0.05, 0) is 36.4 Å². The maximum absolute atomic E-state index is 12.9. The van der Waals surface area contributed by atoms with Crippen LogP contribution in [0, 0.1) is 11.8 Å². The third kappa shape index (κ3) is 6.41. The fourth-order valence-electron chi connectivity index (χ4n) is 3.65. The molecule has 0 bridgehead atoms. The summed E-state index contributed by atoms with van der Waals surface area (Å²) < 4.78 is 1.50. The van der Waals surface area contributed by atoms with Crippen LogP contribution >= 0.6 is 0 Å². The molecule has 3 N–H and O–H groups in total. The molecule has 1 heterocycles. The molecule has 0 radical (unpaired) electrons. The van der Waals surface area contributed by atoms with E-state index in [0.29, 0.717) is 22.5 Å². The number of benzene rings is 3. The lowest BCUT2D eigenvalue weighted by molar-refractivity contribution is -0.115. The van der Waals surface area contributed by atoms with Crippen LogP contribution in [-0.2, 0) is 4.79 Å². The van der Waals surface area contributed by atoms with Crippen molar-refractivity contribution >= 4 is 34.8 Å². The maximum atomic E-state index is 12.9. The molecule has 38 heavy (non-hydrogen) atoms. The lowest BCUT2D eigenvalue weighted by Gasteiger charge is -2.19. The van der Waals surface area contributed by atoms with Gasteiger partial charge >= 0.3 is 6.09 Å². The second-order valence-corrected chi connectivity index (χ2v) is 8.40. The highest BCUT2D eigenvalue weighted by atomic mass is 16.4. The number of Topliss-reactive ketones (excluding diaryl/α,β-unsaturated/α-hetero) is 1. The average Bonchev–Trinajstić information content (AvgIpc) is 3.44. The highest BCUT2D eigenvalue weighted by Gasteiger charge is 2.17. The van der Waals surface area contributed by atoms with Crippen LogP contribution in [0.3, 0.4) is 0 Å². The molecule has 0 fully saturated rings. The van der Waals surface area contributed by atoms with Gasteiger partial charge in [0.25, 0.3) is 0 Å². The second kappa shape index (κ2) is 11.5. The van der Waals surface area contributed by atoms with E-state index in [1.165, 1.54) is 10.9 Å². The zero-order valence-electron chi connectivity index (χ0n) is 20.7. The van der Waals surface area contributed by atoms with Crippen molar-refractivity contribution in [2.75, 3.05) is 29.6 Å². The smallest absolute Gasteiger partial charge is 0.409 e. The van der Waals surface area contributed by atoms with Gasteiger partial charge in [0.2, 0.25) is 5.91 Å². The molecule has 0 aliphatic rings. The molecule has 0 aliphatic carbocycles. The molecule has 0 saturated carbocycles. The highest BCUT2D eigenvalue weighted by Crippen LogP contribution is 2.31. The molecule has 10 nitrogen and oxygen atoms in total. The highest BCUT2D eigenvalue weighted by molar-refractivity contribution is 6.12. The van der Waals surface area contributed by atoms with Crippen LogP contribution < -0.4 is 15.5 Å². The Balaban J connectivity index is 1.60. The Morgan fingerprint density at radius 3 is 2.39 bits per heavy atom. The number of rotatable bonds is 7. The molecule has 0 unspecified atom stereocenters. The van der Waals surface area contributed by atoms with E-state index in [4.69, 9.17) is 0 Å². The van der Waals surface area contributed by atoms with Crippen LogP contribution in [0.4, 0.5) is 21.9 Å². The quantitative estimate of drug-likeness (QED) is 0.195. The van der Waals surface area contributed by atoms with Gasteiger partial charge in [-0.25, -0.2) is 9.48 Å². The lowest BCUT2D eigenvalue weighted by atomic mass is 10.1. The number of ketones is 1. The van der Waals surface area contributed by atoms with E-state index in [1.807, 2.05) is 30.3 Å². The van der Waals surface area contributed by atoms with Crippen LogP contribution in [0.5, 0.6) is 0 Å². The summed E-state index contributed by atoms with van der Waals surface area (Å²) in [4.78, 5) is 39.0. The number of aromatic nitrogens is 3. The number of carbonyl (C=O) groups excluding carboxylic acids is 2. The zero-order chi connectivity index (χ0) is 27.1. The first-order chi connectivity index (χ1) is 18.3. The minimum absolute atomic E-state index is 0.153. The summed E-state index contributed by atoms with van der Waals surface area (Å²) in [5, 5.41) is 22.0. The Labute approximate surface area is 218 Å². The second-order valence-electron chi connectivity index (χ2n) is 8.40. The van der Waals surface area contributed by atoms with Crippen molar-refractivity contribution in [3.05, 3.63) is 95.8 Å². The van der Waals surface area contributed by atoms with Gasteiger partial charge < -0.3 is 15.3 Å². The molecule has 4 rings (SSSR count). The summed E-state index contributed by atoms with van der Waals surface area (Å²) in [6.45, 7) is 0. The summed E-state index contributed by atoms with van der Waals surface area (Å²) in [5.41, 5.74) is 3.31. The number of nitrogens with one attached hydrogen (secondary N) is 2. The molecule has 0 aliphatic heterocycles. The molecule has 0 atom stereocenters. The number of amides is 2.